The third-order valence-corrected chi connectivity index (χ3v) is 7.64. The molecule has 0 atom stereocenters. The van der Waals surface area contributed by atoms with E-state index in [2.05, 4.69) is 35.5 Å². The number of piperazine rings is 1. The molecular weight excluding hydrogens is 561 g/mol. The molecule has 43 heavy (non-hydrogen) atoms. The Morgan fingerprint density at radius 3 is 2.42 bits per heavy atom. The Hall–Kier alpha value is -4.85. The predicted octanol–water partition coefficient (Wildman–Crippen LogP) is 4.32. The number of alkyl halides is 3. The molecule has 1 amide bonds. The van der Waals surface area contributed by atoms with Gasteiger partial charge in [-0.3, -0.25) is 19.2 Å². The number of amides is 1. The number of anilines is 2. The van der Waals surface area contributed by atoms with Crippen LogP contribution in [0.2, 0.25) is 0 Å². The molecule has 4 aromatic heterocycles. The number of nitrogens with one attached hydrogen (secondary N) is 1. The Labute approximate surface area is 245 Å². The number of nitrogens with zero attached hydrogens (tertiary/aromatic N) is 9. The number of aromatic nitrogens is 7. The van der Waals surface area contributed by atoms with E-state index in [1.165, 1.54) is 23.9 Å². The number of carbonyl (C=O) groups excluding carboxylic acids is 1. The van der Waals surface area contributed by atoms with Crippen LogP contribution in [-0.4, -0.2) is 78.4 Å². The first-order valence-corrected chi connectivity index (χ1v) is 13.6. The Kier molecular flexibility index (Phi) is 7.08. The minimum absolute atomic E-state index is 0.0885. The summed E-state index contributed by atoms with van der Waals surface area (Å²) >= 11 is 0. The van der Waals surface area contributed by atoms with Gasteiger partial charge in [-0.2, -0.15) is 13.2 Å². The molecule has 0 saturated carbocycles. The van der Waals surface area contributed by atoms with Gasteiger partial charge in [-0.1, -0.05) is 5.21 Å². The lowest BCUT2D eigenvalue weighted by molar-refractivity contribution is -0.138. The second-order valence-corrected chi connectivity index (χ2v) is 10.7. The summed E-state index contributed by atoms with van der Waals surface area (Å²) in [5.74, 6) is -0.675. The van der Waals surface area contributed by atoms with E-state index in [1.54, 1.807) is 31.6 Å². The van der Waals surface area contributed by atoms with Crippen molar-refractivity contribution in [3.05, 3.63) is 77.3 Å². The molecule has 1 aliphatic rings. The number of benzene rings is 1. The molecule has 5 aromatic rings. The van der Waals surface area contributed by atoms with E-state index >= 15 is 0 Å². The van der Waals surface area contributed by atoms with Crippen molar-refractivity contribution in [3.63, 3.8) is 0 Å². The molecular formula is C29H29F3N10O. The molecule has 1 aromatic carbocycles. The molecule has 0 bridgehead atoms. The number of likely N-dealkylation sites (N-methyl/N-ethyl adjacent to an activating group) is 1. The number of pyridine rings is 1. The van der Waals surface area contributed by atoms with Crippen LogP contribution in [0.15, 0.2) is 49.2 Å². The van der Waals surface area contributed by atoms with E-state index in [0.29, 0.717) is 60.3 Å². The zero-order chi connectivity index (χ0) is 30.5. The molecule has 5 heterocycles. The lowest BCUT2D eigenvalue weighted by Gasteiger charge is -2.35. The maximum atomic E-state index is 14.0. The molecule has 0 aliphatic carbocycles. The molecule has 1 fully saturated rings. The Bertz CT molecular complexity index is 1840. The first-order chi connectivity index (χ1) is 20.5. The van der Waals surface area contributed by atoms with Crippen molar-refractivity contribution in [1.82, 2.24) is 39.2 Å². The molecule has 0 unspecified atom stereocenters. The van der Waals surface area contributed by atoms with Crippen LogP contribution in [-0.2, 0) is 6.18 Å². The Morgan fingerprint density at radius 2 is 1.67 bits per heavy atom. The highest BCUT2D eigenvalue weighted by Crippen LogP contribution is 2.37. The topological polar surface area (TPSA) is 109 Å². The summed E-state index contributed by atoms with van der Waals surface area (Å²) in [5, 5.41) is 11.3. The van der Waals surface area contributed by atoms with Crippen molar-refractivity contribution < 1.29 is 18.0 Å². The molecule has 1 saturated heterocycles. The van der Waals surface area contributed by atoms with Crippen LogP contribution in [0, 0.1) is 20.8 Å². The quantitative estimate of drug-likeness (QED) is 0.323. The maximum Gasteiger partial charge on any atom is 0.416 e. The number of imidazole rings is 1. The minimum atomic E-state index is -4.61. The van der Waals surface area contributed by atoms with Crippen LogP contribution in [0.1, 0.15) is 32.9 Å². The lowest BCUT2D eigenvalue weighted by Crippen LogP contribution is -2.45. The molecule has 0 spiro atoms. The van der Waals surface area contributed by atoms with Crippen molar-refractivity contribution in [2.24, 2.45) is 0 Å². The standard InChI is InChI=1S/C29H29F3N10O/c1-17-15-41-26(13-35-27(41)14-33-17)23-16-42(38-37-23)25-11-21(12-34-19(25)3)36-28(43)20-9-22(29(30,31)32)18(2)24(10-20)40-7-5-39(4)6-8-40/h9-16H,5-8H2,1-4H3,(H,36,43). The zero-order valence-corrected chi connectivity index (χ0v) is 24.0. The van der Waals surface area contributed by atoms with E-state index in [9.17, 15) is 18.0 Å². The van der Waals surface area contributed by atoms with Gasteiger partial charge in [-0.25, -0.2) is 9.67 Å². The number of fused-ring (bicyclic) bond motifs is 1. The molecule has 14 heteroatoms. The number of hydrogen-bond donors (Lipinski definition) is 1. The normalized spacial score (nSPS) is 14.4. The summed E-state index contributed by atoms with van der Waals surface area (Å²) in [4.78, 5) is 30.4. The zero-order valence-electron chi connectivity index (χ0n) is 24.0. The van der Waals surface area contributed by atoms with Crippen molar-refractivity contribution in [1.29, 1.82) is 0 Å². The second kappa shape index (κ2) is 10.8. The van der Waals surface area contributed by atoms with Gasteiger partial charge in [0.15, 0.2) is 5.65 Å². The fourth-order valence-corrected chi connectivity index (χ4v) is 5.20. The number of aryl methyl sites for hydroxylation is 2. The van der Waals surface area contributed by atoms with Crippen molar-refractivity contribution >= 4 is 22.9 Å². The number of carbonyl (C=O) groups is 1. The van der Waals surface area contributed by atoms with Crippen LogP contribution in [0.5, 0.6) is 0 Å². The molecule has 1 N–H and O–H groups in total. The van der Waals surface area contributed by atoms with Crippen molar-refractivity contribution in [3.8, 4) is 17.1 Å². The van der Waals surface area contributed by atoms with Gasteiger partial charge in [0, 0.05) is 43.6 Å². The van der Waals surface area contributed by atoms with Crippen LogP contribution in [0.4, 0.5) is 24.5 Å². The smallest absolute Gasteiger partial charge is 0.369 e. The average molecular weight is 591 g/mol. The molecule has 222 valence electrons. The summed E-state index contributed by atoms with van der Waals surface area (Å²) in [6.45, 7) is 7.67. The average Bonchev–Trinajstić information content (AvgIpc) is 3.61. The fourth-order valence-electron chi connectivity index (χ4n) is 5.20. The van der Waals surface area contributed by atoms with Gasteiger partial charge in [-0.15, -0.1) is 5.10 Å². The van der Waals surface area contributed by atoms with Gasteiger partial charge in [0.05, 0.1) is 58.8 Å². The molecule has 11 nitrogen and oxygen atoms in total. The van der Waals surface area contributed by atoms with Gasteiger partial charge >= 0.3 is 6.18 Å². The van der Waals surface area contributed by atoms with Crippen molar-refractivity contribution in [2.75, 3.05) is 43.4 Å². The fraction of sp³-hybridized carbons (Fsp3) is 0.310. The molecule has 1 aliphatic heterocycles. The first kappa shape index (κ1) is 28.3. The second-order valence-electron chi connectivity index (χ2n) is 10.7. The summed E-state index contributed by atoms with van der Waals surface area (Å²) in [7, 11) is 1.97. The van der Waals surface area contributed by atoms with E-state index in [-0.39, 0.29) is 11.1 Å². The van der Waals surface area contributed by atoms with Crippen LogP contribution in [0.25, 0.3) is 22.7 Å². The van der Waals surface area contributed by atoms with Gasteiger partial charge in [0.25, 0.3) is 5.91 Å². The minimum Gasteiger partial charge on any atom is -0.369 e. The molecule has 6 rings (SSSR count). The number of halogens is 3. The highest BCUT2D eigenvalue weighted by Gasteiger charge is 2.35. The summed E-state index contributed by atoms with van der Waals surface area (Å²) in [6.07, 6.45) is 3.76. The van der Waals surface area contributed by atoms with Gasteiger partial charge in [0.1, 0.15) is 5.69 Å². The third-order valence-electron chi connectivity index (χ3n) is 7.64. The van der Waals surface area contributed by atoms with Gasteiger partial charge < -0.3 is 15.1 Å². The van der Waals surface area contributed by atoms with Crippen molar-refractivity contribution in [2.45, 2.75) is 26.9 Å². The number of rotatable bonds is 5. The monoisotopic (exact) mass is 590 g/mol. The summed E-state index contributed by atoms with van der Waals surface area (Å²) in [6, 6.07) is 4.09. The van der Waals surface area contributed by atoms with Crippen LogP contribution < -0.4 is 10.2 Å². The van der Waals surface area contributed by atoms with Gasteiger partial charge in [0.2, 0.25) is 0 Å². The lowest BCUT2D eigenvalue weighted by atomic mass is 10.00. The first-order valence-electron chi connectivity index (χ1n) is 13.6. The Morgan fingerprint density at radius 1 is 0.907 bits per heavy atom. The highest BCUT2D eigenvalue weighted by atomic mass is 19.4. The summed E-state index contributed by atoms with van der Waals surface area (Å²) in [5.41, 5.74) is 3.81. The van der Waals surface area contributed by atoms with E-state index in [1.807, 2.05) is 29.5 Å². The van der Waals surface area contributed by atoms with Gasteiger partial charge in [-0.05, 0) is 51.6 Å². The third kappa shape index (κ3) is 5.52. The van der Waals surface area contributed by atoms with Crippen LogP contribution >= 0.6 is 0 Å². The predicted molar refractivity (Wildman–Crippen MR) is 154 cm³/mol. The maximum absolute atomic E-state index is 14.0. The highest BCUT2D eigenvalue weighted by molar-refractivity contribution is 6.05. The summed E-state index contributed by atoms with van der Waals surface area (Å²) < 4.78 is 45.5. The van der Waals surface area contributed by atoms with E-state index in [4.69, 9.17) is 0 Å². The number of hydrogen-bond acceptors (Lipinski definition) is 8. The van der Waals surface area contributed by atoms with E-state index < -0.39 is 17.6 Å². The molecule has 0 radical (unpaired) electrons. The van der Waals surface area contributed by atoms with E-state index in [0.717, 1.165) is 17.5 Å². The SMILES string of the molecule is Cc1cn2c(-c3cn(-c4cc(NC(=O)c5cc(N6CCN(C)CC6)c(C)c(C(F)(F)F)c5)cnc4C)nn3)cnc2cn1. The van der Waals surface area contributed by atoms with Crippen LogP contribution in [0.3, 0.4) is 0 Å². The Balaban J connectivity index is 1.30. The largest absolute Gasteiger partial charge is 0.416 e.